The predicted octanol–water partition coefficient (Wildman–Crippen LogP) is 3.32. The van der Waals surface area contributed by atoms with Crippen LogP contribution in [0.5, 0.6) is 0 Å². The fourth-order valence-electron chi connectivity index (χ4n) is 2.53. The van der Waals surface area contributed by atoms with Crippen LogP contribution in [0.15, 0.2) is 54.7 Å². The number of aromatic carboxylic acids is 1. The van der Waals surface area contributed by atoms with Gasteiger partial charge in [-0.1, -0.05) is 30.3 Å². The number of fused-ring (bicyclic) bond motifs is 1. The number of H-pyrrole nitrogens is 2. The Hall–Kier alpha value is -3.41. The third-order valence-corrected chi connectivity index (χ3v) is 3.69. The Labute approximate surface area is 130 Å². The molecule has 0 saturated heterocycles. The Morgan fingerprint density at radius 2 is 1.91 bits per heavy atom. The Bertz CT molecular complexity index is 1000. The summed E-state index contributed by atoms with van der Waals surface area (Å²) in [7, 11) is 0. The number of aromatic nitrogens is 4. The van der Waals surface area contributed by atoms with E-state index in [-0.39, 0.29) is 5.56 Å². The molecule has 0 saturated carbocycles. The minimum atomic E-state index is -0.969. The molecule has 0 aliphatic carbocycles. The van der Waals surface area contributed by atoms with Crippen LogP contribution in [0.25, 0.3) is 33.7 Å². The number of carboxylic acids is 1. The topological polar surface area (TPSA) is 94.7 Å². The molecule has 3 N–H and O–H groups in total. The van der Waals surface area contributed by atoms with E-state index in [0.717, 1.165) is 22.2 Å². The summed E-state index contributed by atoms with van der Waals surface area (Å²) in [5, 5.41) is 17.0. The van der Waals surface area contributed by atoms with Crippen molar-refractivity contribution < 1.29 is 9.90 Å². The Kier molecular flexibility index (Phi) is 2.94. The first-order valence-electron chi connectivity index (χ1n) is 7.04. The van der Waals surface area contributed by atoms with Gasteiger partial charge in [0.15, 0.2) is 5.82 Å². The number of rotatable bonds is 3. The number of nitrogens with zero attached hydrogens (tertiary/aromatic N) is 2. The largest absolute Gasteiger partial charge is 0.478 e. The van der Waals surface area contributed by atoms with E-state index in [0.29, 0.717) is 11.5 Å². The second-order valence-electron chi connectivity index (χ2n) is 5.15. The molecule has 0 atom stereocenters. The molecule has 0 aliphatic rings. The van der Waals surface area contributed by atoms with Gasteiger partial charge in [-0.3, -0.25) is 5.10 Å². The molecule has 6 heteroatoms. The highest BCUT2D eigenvalue weighted by Crippen LogP contribution is 2.27. The maximum atomic E-state index is 11.1. The second-order valence-corrected chi connectivity index (χ2v) is 5.15. The first kappa shape index (κ1) is 13.3. The minimum Gasteiger partial charge on any atom is -0.478 e. The van der Waals surface area contributed by atoms with Gasteiger partial charge in [0, 0.05) is 5.39 Å². The molecule has 0 unspecified atom stereocenters. The van der Waals surface area contributed by atoms with Gasteiger partial charge >= 0.3 is 5.97 Å². The van der Waals surface area contributed by atoms with Gasteiger partial charge in [0.1, 0.15) is 5.69 Å². The molecule has 0 spiro atoms. The smallest absolute Gasteiger partial charge is 0.335 e. The van der Waals surface area contributed by atoms with Crippen molar-refractivity contribution in [2.24, 2.45) is 0 Å². The molecule has 2 aromatic carbocycles. The molecular weight excluding hydrogens is 292 g/mol. The number of hydrogen-bond donors (Lipinski definition) is 3. The van der Waals surface area contributed by atoms with Crippen LogP contribution in [0.4, 0.5) is 0 Å². The number of hydrogen-bond acceptors (Lipinski definition) is 3. The summed E-state index contributed by atoms with van der Waals surface area (Å²) < 4.78 is 0. The van der Waals surface area contributed by atoms with Crippen LogP contribution >= 0.6 is 0 Å². The van der Waals surface area contributed by atoms with E-state index in [1.807, 2.05) is 30.3 Å². The Morgan fingerprint density at radius 1 is 1.09 bits per heavy atom. The van der Waals surface area contributed by atoms with E-state index in [1.54, 1.807) is 24.4 Å². The average molecular weight is 304 g/mol. The zero-order valence-corrected chi connectivity index (χ0v) is 11.9. The van der Waals surface area contributed by atoms with Crippen molar-refractivity contribution in [3.63, 3.8) is 0 Å². The Balaban J connectivity index is 1.82. The van der Waals surface area contributed by atoms with Gasteiger partial charge < -0.3 is 10.1 Å². The van der Waals surface area contributed by atoms with Crippen LogP contribution in [0.3, 0.4) is 0 Å². The summed E-state index contributed by atoms with van der Waals surface area (Å²) in [4.78, 5) is 18.8. The summed E-state index contributed by atoms with van der Waals surface area (Å²) >= 11 is 0. The number of carboxylic acid groups (broad SMARTS) is 1. The van der Waals surface area contributed by atoms with Gasteiger partial charge in [0.05, 0.1) is 23.0 Å². The summed E-state index contributed by atoms with van der Waals surface area (Å²) in [5.74, 6) is -0.374. The number of imidazole rings is 1. The molecule has 2 heterocycles. The molecule has 112 valence electrons. The standard InChI is InChI=1S/C17H12N4O2/c22-17(23)11-6-7-13-12(8-11)15(21-20-13)16-18-9-14(19-16)10-4-2-1-3-5-10/h1-9H,(H,18,19)(H,20,21)(H,22,23). The van der Waals surface area contributed by atoms with Crippen molar-refractivity contribution >= 4 is 16.9 Å². The number of carbonyl (C=O) groups is 1. The number of nitrogens with one attached hydrogen (secondary N) is 2. The van der Waals surface area contributed by atoms with E-state index in [4.69, 9.17) is 5.11 Å². The summed E-state index contributed by atoms with van der Waals surface area (Å²) in [6.45, 7) is 0. The molecule has 0 amide bonds. The fourth-order valence-corrected chi connectivity index (χ4v) is 2.53. The SMILES string of the molecule is O=C(O)c1ccc2[nH]nc(-c3ncc(-c4ccccc4)[nH]3)c2c1. The minimum absolute atomic E-state index is 0.218. The van der Waals surface area contributed by atoms with Crippen molar-refractivity contribution in [1.29, 1.82) is 0 Å². The maximum absolute atomic E-state index is 11.1. The number of aromatic amines is 2. The third kappa shape index (κ3) is 2.26. The molecule has 23 heavy (non-hydrogen) atoms. The number of benzene rings is 2. The van der Waals surface area contributed by atoms with Crippen molar-refractivity contribution in [2.45, 2.75) is 0 Å². The van der Waals surface area contributed by atoms with Crippen LogP contribution in [0.2, 0.25) is 0 Å². The lowest BCUT2D eigenvalue weighted by Crippen LogP contribution is -1.95. The highest BCUT2D eigenvalue weighted by Gasteiger charge is 2.14. The van der Waals surface area contributed by atoms with Crippen molar-refractivity contribution in [3.05, 3.63) is 60.3 Å². The fraction of sp³-hybridized carbons (Fsp3) is 0. The Morgan fingerprint density at radius 3 is 2.70 bits per heavy atom. The lowest BCUT2D eigenvalue weighted by atomic mass is 10.1. The molecule has 6 nitrogen and oxygen atoms in total. The highest BCUT2D eigenvalue weighted by atomic mass is 16.4. The molecule has 4 aromatic rings. The van der Waals surface area contributed by atoms with Gasteiger partial charge in [-0.05, 0) is 23.8 Å². The molecule has 0 radical (unpaired) electrons. The van der Waals surface area contributed by atoms with E-state index in [9.17, 15) is 4.79 Å². The van der Waals surface area contributed by atoms with E-state index >= 15 is 0 Å². The normalized spacial score (nSPS) is 11.0. The van der Waals surface area contributed by atoms with E-state index in [2.05, 4.69) is 20.2 Å². The quantitative estimate of drug-likeness (QED) is 0.541. The monoisotopic (exact) mass is 304 g/mol. The van der Waals surface area contributed by atoms with Crippen LogP contribution in [-0.2, 0) is 0 Å². The predicted molar refractivity (Wildman–Crippen MR) is 86.1 cm³/mol. The molecule has 0 bridgehead atoms. The van der Waals surface area contributed by atoms with Crippen LogP contribution in [0, 0.1) is 0 Å². The average Bonchev–Trinajstić information content (AvgIpc) is 3.21. The summed E-state index contributed by atoms with van der Waals surface area (Å²) in [6, 6.07) is 14.7. The first-order valence-corrected chi connectivity index (χ1v) is 7.04. The van der Waals surface area contributed by atoms with Crippen molar-refractivity contribution in [1.82, 2.24) is 20.2 Å². The molecule has 0 fully saturated rings. The summed E-state index contributed by atoms with van der Waals surface area (Å²) in [5.41, 5.74) is 3.49. The highest BCUT2D eigenvalue weighted by molar-refractivity contribution is 5.98. The second kappa shape index (κ2) is 5.10. The first-order chi connectivity index (χ1) is 11.2. The molecular formula is C17H12N4O2. The van der Waals surface area contributed by atoms with Gasteiger partial charge in [-0.2, -0.15) is 5.10 Å². The van der Waals surface area contributed by atoms with Crippen LogP contribution in [0.1, 0.15) is 10.4 Å². The molecule has 0 aliphatic heterocycles. The maximum Gasteiger partial charge on any atom is 0.335 e. The van der Waals surface area contributed by atoms with Crippen LogP contribution < -0.4 is 0 Å². The van der Waals surface area contributed by atoms with E-state index in [1.165, 1.54) is 0 Å². The molecule has 4 rings (SSSR count). The zero-order chi connectivity index (χ0) is 15.8. The van der Waals surface area contributed by atoms with Gasteiger partial charge in [-0.25, -0.2) is 9.78 Å². The lowest BCUT2D eigenvalue weighted by molar-refractivity contribution is 0.0697. The summed E-state index contributed by atoms with van der Waals surface area (Å²) in [6.07, 6.45) is 1.74. The van der Waals surface area contributed by atoms with Crippen LogP contribution in [-0.4, -0.2) is 31.2 Å². The lowest BCUT2D eigenvalue weighted by Gasteiger charge is -1.97. The zero-order valence-electron chi connectivity index (χ0n) is 11.9. The molecule has 2 aromatic heterocycles. The van der Waals surface area contributed by atoms with Gasteiger partial charge in [-0.15, -0.1) is 0 Å². The van der Waals surface area contributed by atoms with Gasteiger partial charge in [0.25, 0.3) is 0 Å². The van der Waals surface area contributed by atoms with Crippen molar-refractivity contribution in [3.8, 4) is 22.8 Å². The van der Waals surface area contributed by atoms with Gasteiger partial charge in [0.2, 0.25) is 0 Å². The van der Waals surface area contributed by atoms with E-state index < -0.39 is 5.97 Å². The third-order valence-electron chi connectivity index (χ3n) is 3.69. The van der Waals surface area contributed by atoms with Crippen molar-refractivity contribution in [2.75, 3.05) is 0 Å².